The van der Waals surface area contributed by atoms with Gasteiger partial charge in [-0.3, -0.25) is 4.79 Å². The third kappa shape index (κ3) is 3.72. The molecule has 1 fully saturated rings. The minimum absolute atomic E-state index is 0.0638. The van der Waals surface area contributed by atoms with E-state index in [1.54, 1.807) is 12.1 Å². The first kappa shape index (κ1) is 20.2. The number of carbonyl (C=O) groups is 1. The monoisotopic (exact) mass is 430 g/mol. The van der Waals surface area contributed by atoms with E-state index in [0.29, 0.717) is 25.4 Å². The van der Waals surface area contributed by atoms with E-state index in [-0.39, 0.29) is 5.91 Å². The second kappa shape index (κ2) is 8.45. The summed E-state index contributed by atoms with van der Waals surface area (Å²) in [5.74, 6) is 1.99. The molecule has 32 heavy (non-hydrogen) atoms. The second-order valence-electron chi connectivity index (χ2n) is 8.06. The van der Waals surface area contributed by atoms with E-state index in [1.165, 1.54) is 11.8 Å². The molecule has 0 aliphatic carbocycles. The SMILES string of the molecule is CCc1nc(N2CCCN(C(=O)c3ccco3)CC2)c2cnn(-c3ccc(C)cc3)c2n1. The number of benzene rings is 1. The first-order valence-corrected chi connectivity index (χ1v) is 11.0. The van der Waals surface area contributed by atoms with Crippen LogP contribution in [0.5, 0.6) is 0 Å². The molecule has 0 saturated carbocycles. The maximum Gasteiger partial charge on any atom is 0.289 e. The van der Waals surface area contributed by atoms with Crippen LogP contribution in [0.3, 0.4) is 0 Å². The first-order chi connectivity index (χ1) is 15.6. The molecule has 4 aromatic rings. The Kier molecular flexibility index (Phi) is 5.34. The zero-order valence-corrected chi connectivity index (χ0v) is 18.4. The molecule has 1 aromatic carbocycles. The molecule has 8 heteroatoms. The fraction of sp³-hybridized carbons (Fsp3) is 0.333. The number of anilines is 1. The highest BCUT2D eigenvalue weighted by molar-refractivity contribution is 5.91. The lowest BCUT2D eigenvalue weighted by Gasteiger charge is -2.23. The summed E-state index contributed by atoms with van der Waals surface area (Å²) in [6, 6.07) is 11.7. The Balaban J connectivity index is 1.47. The third-order valence-electron chi connectivity index (χ3n) is 5.86. The highest BCUT2D eigenvalue weighted by Gasteiger charge is 2.25. The first-order valence-electron chi connectivity index (χ1n) is 11.0. The molecular formula is C24H26N6O2. The molecule has 5 rings (SSSR count). The topological polar surface area (TPSA) is 80.3 Å². The molecule has 1 aliphatic rings. The van der Waals surface area contributed by atoms with Crippen LogP contribution in [0, 0.1) is 6.92 Å². The van der Waals surface area contributed by atoms with Crippen LogP contribution < -0.4 is 4.90 Å². The van der Waals surface area contributed by atoms with Crippen molar-refractivity contribution in [3.8, 4) is 5.69 Å². The fourth-order valence-electron chi connectivity index (χ4n) is 4.10. The second-order valence-corrected chi connectivity index (χ2v) is 8.06. The molecule has 0 unspecified atom stereocenters. The van der Waals surface area contributed by atoms with Crippen molar-refractivity contribution in [2.75, 3.05) is 31.1 Å². The van der Waals surface area contributed by atoms with Crippen LogP contribution in [0.1, 0.15) is 35.3 Å². The molecule has 1 amide bonds. The van der Waals surface area contributed by atoms with Gasteiger partial charge in [0, 0.05) is 32.6 Å². The van der Waals surface area contributed by atoms with Crippen molar-refractivity contribution in [2.24, 2.45) is 0 Å². The molecule has 164 valence electrons. The maximum atomic E-state index is 12.7. The van der Waals surface area contributed by atoms with Crippen molar-refractivity contribution in [3.63, 3.8) is 0 Å². The minimum Gasteiger partial charge on any atom is -0.459 e. The van der Waals surface area contributed by atoms with Crippen LogP contribution in [0.4, 0.5) is 5.82 Å². The molecule has 4 heterocycles. The van der Waals surface area contributed by atoms with Gasteiger partial charge in [0.15, 0.2) is 11.4 Å². The number of hydrogen-bond acceptors (Lipinski definition) is 6. The van der Waals surface area contributed by atoms with Gasteiger partial charge >= 0.3 is 0 Å². The largest absolute Gasteiger partial charge is 0.459 e. The van der Waals surface area contributed by atoms with E-state index in [4.69, 9.17) is 14.4 Å². The summed E-state index contributed by atoms with van der Waals surface area (Å²) in [5.41, 5.74) is 2.99. The van der Waals surface area contributed by atoms with E-state index >= 15 is 0 Å². The molecule has 1 aliphatic heterocycles. The standard InChI is InChI=1S/C24H26N6O2/c1-3-21-26-22(19-16-25-30(23(19)27-21)18-9-7-17(2)8-10-18)28-11-5-12-29(14-13-28)24(31)20-6-4-15-32-20/h4,6-10,15-16H,3,5,11-14H2,1-2H3. The average Bonchev–Trinajstić information content (AvgIpc) is 3.44. The van der Waals surface area contributed by atoms with E-state index in [1.807, 2.05) is 15.8 Å². The zero-order valence-electron chi connectivity index (χ0n) is 18.4. The van der Waals surface area contributed by atoms with Gasteiger partial charge in [0.25, 0.3) is 5.91 Å². The number of aromatic nitrogens is 4. The number of fused-ring (bicyclic) bond motifs is 1. The van der Waals surface area contributed by atoms with Gasteiger partial charge in [0.2, 0.25) is 0 Å². The highest BCUT2D eigenvalue weighted by Crippen LogP contribution is 2.27. The Morgan fingerprint density at radius 3 is 2.66 bits per heavy atom. The van der Waals surface area contributed by atoms with Gasteiger partial charge in [-0.15, -0.1) is 0 Å². The van der Waals surface area contributed by atoms with Crippen molar-refractivity contribution in [1.29, 1.82) is 0 Å². The van der Waals surface area contributed by atoms with Crippen LogP contribution in [0.2, 0.25) is 0 Å². The van der Waals surface area contributed by atoms with Crippen LogP contribution >= 0.6 is 0 Å². The summed E-state index contributed by atoms with van der Waals surface area (Å²) in [7, 11) is 0. The smallest absolute Gasteiger partial charge is 0.289 e. The molecule has 0 radical (unpaired) electrons. The lowest BCUT2D eigenvalue weighted by Crippen LogP contribution is -2.35. The number of rotatable bonds is 4. The molecule has 0 bridgehead atoms. The van der Waals surface area contributed by atoms with Crippen molar-refractivity contribution < 1.29 is 9.21 Å². The van der Waals surface area contributed by atoms with Crippen LogP contribution in [-0.4, -0.2) is 56.7 Å². The number of hydrogen-bond donors (Lipinski definition) is 0. The van der Waals surface area contributed by atoms with Crippen LogP contribution in [-0.2, 0) is 6.42 Å². The lowest BCUT2D eigenvalue weighted by molar-refractivity contribution is 0.0735. The fourth-order valence-corrected chi connectivity index (χ4v) is 4.10. The molecule has 3 aromatic heterocycles. The summed E-state index contributed by atoms with van der Waals surface area (Å²) < 4.78 is 7.18. The van der Waals surface area contributed by atoms with E-state index in [9.17, 15) is 4.79 Å². The van der Waals surface area contributed by atoms with Crippen molar-refractivity contribution >= 4 is 22.8 Å². The predicted molar refractivity (Wildman–Crippen MR) is 122 cm³/mol. The van der Waals surface area contributed by atoms with Crippen molar-refractivity contribution in [2.45, 2.75) is 26.7 Å². The van der Waals surface area contributed by atoms with Crippen LogP contribution in [0.25, 0.3) is 16.7 Å². The molecule has 8 nitrogen and oxygen atoms in total. The number of nitrogens with zero attached hydrogens (tertiary/aromatic N) is 6. The molecular weight excluding hydrogens is 404 g/mol. The summed E-state index contributed by atoms with van der Waals surface area (Å²) in [5, 5.41) is 5.56. The van der Waals surface area contributed by atoms with Crippen LogP contribution in [0.15, 0.2) is 53.3 Å². The Bertz CT molecular complexity index is 1230. The summed E-state index contributed by atoms with van der Waals surface area (Å²) in [4.78, 5) is 26.5. The van der Waals surface area contributed by atoms with Gasteiger partial charge in [-0.2, -0.15) is 5.10 Å². The highest BCUT2D eigenvalue weighted by atomic mass is 16.3. The Hall–Kier alpha value is -3.68. The van der Waals surface area contributed by atoms with Crippen molar-refractivity contribution in [3.05, 3.63) is 66.0 Å². The Labute approximate surface area is 186 Å². The number of amides is 1. The van der Waals surface area contributed by atoms with Gasteiger partial charge < -0.3 is 14.2 Å². The van der Waals surface area contributed by atoms with Gasteiger partial charge in [-0.05, 0) is 37.6 Å². The number of furan rings is 1. The van der Waals surface area contributed by atoms with Crippen molar-refractivity contribution in [1.82, 2.24) is 24.6 Å². The molecule has 0 atom stereocenters. The average molecular weight is 431 g/mol. The maximum absolute atomic E-state index is 12.7. The Morgan fingerprint density at radius 2 is 1.91 bits per heavy atom. The summed E-state index contributed by atoms with van der Waals surface area (Å²) >= 11 is 0. The summed E-state index contributed by atoms with van der Waals surface area (Å²) in [6.45, 7) is 6.93. The predicted octanol–water partition coefficient (Wildman–Crippen LogP) is 3.63. The third-order valence-corrected chi connectivity index (χ3v) is 5.86. The van der Waals surface area contributed by atoms with Gasteiger partial charge in [0.05, 0.1) is 23.5 Å². The lowest BCUT2D eigenvalue weighted by atomic mass is 10.2. The quantitative estimate of drug-likeness (QED) is 0.492. The van der Waals surface area contributed by atoms with E-state index in [2.05, 4.69) is 48.1 Å². The number of aryl methyl sites for hydroxylation is 2. The van der Waals surface area contributed by atoms with Gasteiger partial charge in [0.1, 0.15) is 11.6 Å². The van der Waals surface area contributed by atoms with E-state index in [0.717, 1.165) is 47.7 Å². The molecule has 0 N–H and O–H groups in total. The molecule has 1 saturated heterocycles. The van der Waals surface area contributed by atoms with Gasteiger partial charge in [-0.1, -0.05) is 24.6 Å². The normalized spacial score (nSPS) is 14.7. The minimum atomic E-state index is -0.0638. The molecule has 0 spiro atoms. The Morgan fingerprint density at radius 1 is 1.06 bits per heavy atom. The number of carbonyl (C=O) groups excluding carboxylic acids is 1. The zero-order chi connectivity index (χ0) is 22.1. The van der Waals surface area contributed by atoms with E-state index < -0.39 is 0 Å². The summed E-state index contributed by atoms with van der Waals surface area (Å²) in [6.07, 6.45) is 4.97. The van der Waals surface area contributed by atoms with Gasteiger partial charge in [-0.25, -0.2) is 14.6 Å².